The third kappa shape index (κ3) is 10.1. The number of esters is 1. The first kappa shape index (κ1) is 47.7. The molecule has 348 valence electrons. The van der Waals surface area contributed by atoms with E-state index in [4.69, 9.17) is 9.72 Å². The fraction of sp³-hybridized carbons (Fsp3) is 0.438. The van der Waals surface area contributed by atoms with Gasteiger partial charge in [0.1, 0.15) is 12.4 Å². The molecule has 0 saturated heterocycles. The minimum Gasteiger partial charge on any atom is -0.458 e. The Morgan fingerprint density at radius 1 is 0.939 bits per heavy atom. The number of carbonyl (C=O) groups is 7. The molecule has 2 aromatic carbocycles. The number of aliphatic hydroxyl groups is 1. The number of hydrogen-bond acceptors (Lipinski definition) is 12. The molecule has 0 unspecified atom stereocenters. The molecule has 2 aromatic heterocycles. The van der Waals surface area contributed by atoms with Gasteiger partial charge in [0.05, 0.1) is 47.6 Å². The van der Waals surface area contributed by atoms with Crippen LogP contribution < -0.4 is 26.8 Å². The zero-order chi connectivity index (χ0) is 47.3. The van der Waals surface area contributed by atoms with Crippen molar-refractivity contribution in [1.82, 2.24) is 30.8 Å². The predicted octanol–water partition coefficient (Wildman–Crippen LogP) is 3.39. The maximum absolute atomic E-state index is 15.3. The summed E-state index contributed by atoms with van der Waals surface area (Å²) in [6.45, 7) is 3.07. The number of aromatic nitrogens is 2. The van der Waals surface area contributed by atoms with E-state index in [2.05, 4.69) is 33.9 Å². The van der Waals surface area contributed by atoms with Gasteiger partial charge in [0, 0.05) is 67.6 Å². The highest BCUT2D eigenvalue weighted by atomic mass is 32.1. The minimum absolute atomic E-state index is 0.0255. The van der Waals surface area contributed by atoms with E-state index >= 15 is 4.39 Å². The molecule has 4 aromatic rings. The van der Waals surface area contributed by atoms with E-state index < -0.39 is 46.8 Å². The van der Waals surface area contributed by atoms with Gasteiger partial charge in [-0.3, -0.25) is 33.6 Å². The summed E-state index contributed by atoms with van der Waals surface area (Å²) in [5.74, 6) is -3.18. The number of nitrogens with one attached hydrogen (secondary N) is 4. The molecule has 0 saturated carbocycles. The van der Waals surface area contributed by atoms with E-state index in [0.717, 1.165) is 16.7 Å². The summed E-state index contributed by atoms with van der Waals surface area (Å²) in [6.07, 6.45) is 0.924. The Morgan fingerprint density at radius 2 is 1.68 bits per heavy atom. The van der Waals surface area contributed by atoms with E-state index in [0.29, 0.717) is 52.0 Å². The lowest BCUT2D eigenvalue weighted by molar-refractivity contribution is -0.172. The molecular formula is C48H53FN6O10S. The minimum atomic E-state index is -2.02. The zero-order valence-electron chi connectivity index (χ0n) is 36.9. The number of Topliss-reactive ketones (excluding diaryl/α,β-unsaturated/α-hetero) is 2. The van der Waals surface area contributed by atoms with E-state index in [-0.39, 0.29) is 119 Å². The van der Waals surface area contributed by atoms with Crippen molar-refractivity contribution in [3.05, 3.63) is 97.6 Å². The van der Waals surface area contributed by atoms with Crippen molar-refractivity contribution in [3.63, 3.8) is 0 Å². The fourth-order valence-corrected chi connectivity index (χ4v) is 9.23. The third-order valence-electron chi connectivity index (χ3n) is 12.7. The molecule has 7 rings (SSSR count). The highest BCUT2D eigenvalue weighted by Crippen LogP contribution is 2.46. The van der Waals surface area contributed by atoms with Crippen molar-refractivity contribution >= 4 is 64.7 Å². The van der Waals surface area contributed by atoms with Crippen LogP contribution in [0, 0.1) is 12.7 Å². The van der Waals surface area contributed by atoms with Crippen LogP contribution in [0.4, 0.5) is 4.39 Å². The number of thiol groups is 1. The lowest BCUT2D eigenvalue weighted by Crippen LogP contribution is -2.44. The molecule has 18 heteroatoms. The van der Waals surface area contributed by atoms with Gasteiger partial charge in [-0.25, -0.2) is 14.2 Å². The first-order valence-corrected chi connectivity index (χ1v) is 22.9. The summed E-state index contributed by atoms with van der Waals surface area (Å²) >= 11 is 3.98. The number of fused-ring (bicyclic) bond motifs is 5. The first-order valence-electron chi connectivity index (χ1n) is 22.3. The average Bonchev–Trinajstić information content (AvgIpc) is 3.67. The standard InChI is InChI=1S/C48H53FN6O10S/c1-3-48(64)32-21-37-45-30(24-55(37)46(62)31(32)25-65-47(48)63)44-34(13-12-29-26(2)33(49)22-36(54-45)43(29)44)52-41(60)10-7-18-50-39(58)16-14-38(57)35(20-27-8-5-4-6-9-27)53-42(61)15-11-28(56)23-51-40(59)17-19-66/h4-6,8-9,21-22,34-35,64,66H,3,7,10-20,23-25H2,1-2H3,(H,50,58)(H,51,59)(H,52,60)(H,53,61)/t34-,35-,48-/m0/s1. The van der Waals surface area contributed by atoms with E-state index in [1.54, 1.807) is 32.0 Å². The normalized spacial score (nSPS) is 17.2. The van der Waals surface area contributed by atoms with Crippen LogP contribution in [0.3, 0.4) is 0 Å². The third-order valence-corrected chi connectivity index (χ3v) is 12.9. The molecule has 0 fully saturated rings. The van der Waals surface area contributed by atoms with Gasteiger partial charge in [-0.2, -0.15) is 12.6 Å². The lowest BCUT2D eigenvalue weighted by atomic mass is 9.81. The molecule has 4 amide bonds. The number of halogens is 1. The molecular weight excluding hydrogens is 872 g/mol. The molecule has 1 aliphatic carbocycles. The number of ether oxygens (including phenoxy) is 1. The summed E-state index contributed by atoms with van der Waals surface area (Å²) in [5.41, 5.74) is 2.43. The van der Waals surface area contributed by atoms with Crippen LogP contribution >= 0.6 is 12.6 Å². The lowest BCUT2D eigenvalue weighted by Gasteiger charge is -2.31. The topological polar surface area (TPSA) is 232 Å². The van der Waals surface area contributed by atoms with Gasteiger partial charge in [0.25, 0.3) is 5.56 Å². The van der Waals surface area contributed by atoms with Crippen molar-refractivity contribution < 1.29 is 47.8 Å². The first-order chi connectivity index (χ1) is 31.6. The predicted molar refractivity (Wildman–Crippen MR) is 243 cm³/mol. The zero-order valence-corrected chi connectivity index (χ0v) is 37.7. The molecule has 3 aliphatic rings. The molecule has 5 N–H and O–H groups in total. The largest absolute Gasteiger partial charge is 0.458 e. The SMILES string of the molecule is CC[C@@]1(O)C(=O)OCc2c1cc1n(c2=O)Cc2c-1nc1cc(F)c(C)c3c1c2[C@@H](NC(=O)CCCNC(=O)CCC(=O)[C@H](Cc1ccccc1)NC(=O)CCC(=O)CNC(=O)CCS)CC3. The second-order valence-electron chi connectivity index (χ2n) is 17.0. The van der Waals surface area contributed by atoms with Gasteiger partial charge in [0.15, 0.2) is 17.2 Å². The van der Waals surface area contributed by atoms with Crippen LogP contribution in [0.25, 0.3) is 22.3 Å². The van der Waals surface area contributed by atoms with Crippen molar-refractivity contribution in [3.8, 4) is 11.4 Å². The van der Waals surface area contributed by atoms with Crippen molar-refractivity contribution in [2.24, 2.45) is 0 Å². The fourth-order valence-electron chi connectivity index (χ4n) is 9.03. The molecule has 2 aliphatic heterocycles. The summed E-state index contributed by atoms with van der Waals surface area (Å²) in [4.78, 5) is 108. The Kier molecular flexibility index (Phi) is 14.8. The van der Waals surface area contributed by atoms with Crippen molar-refractivity contribution in [2.45, 2.75) is 115 Å². The highest BCUT2D eigenvalue weighted by Gasteiger charge is 2.46. The van der Waals surface area contributed by atoms with Gasteiger partial charge in [0.2, 0.25) is 23.6 Å². The van der Waals surface area contributed by atoms with Crippen LogP contribution in [0.5, 0.6) is 0 Å². The number of rotatable bonds is 20. The number of hydrogen-bond donors (Lipinski definition) is 6. The number of nitrogens with zero attached hydrogens (tertiary/aromatic N) is 2. The summed E-state index contributed by atoms with van der Waals surface area (Å²) < 4.78 is 22.1. The van der Waals surface area contributed by atoms with Crippen LogP contribution in [0.1, 0.15) is 110 Å². The van der Waals surface area contributed by atoms with Gasteiger partial charge in [-0.05, 0) is 73.1 Å². The molecule has 0 radical (unpaired) electrons. The van der Waals surface area contributed by atoms with Gasteiger partial charge < -0.3 is 35.7 Å². The maximum Gasteiger partial charge on any atom is 0.343 e. The van der Waals surface area contributed by atoms with Gasteiger partial charge in [-0.15, -0.1) is 0 Å². The van der Waals surface area contributed by atoms with Crippen LogP contribution in [0.15, 0.2) is 47.3 Å². The summed E-state index contributed by atoms with van der Waals surface area (Å²) in [7, 11) is 0. The highest BCUT2D eigenvalue weighted by molar-refractivity contribution is 7.80. The van der Waals surface area contributed by atoms with Crippen molar-refractivity contribution in [1.29, 1.82) is 0 Å². The quantitative estimate of drug-likeness (QED) is 0.0377. The number of amides is 4. The van der Waals surface area contributed by atoms with Crippen LogP contribution in [-0.4, -0.2) is 80.7 Å². The Bertz CT molecular complexity index is 2690. The summed E-state index contributed by atoms with van der Waals surface area (Å²) in [6, 6.07) is 10.5. The number of benzene rings is 2. The maximum atomic E-state index is 15.3. The Morgan fingerprint density at radius 3 is 2.42 bits per heavy atom. The van der Waals surface area contributed by atoms with E-state index in [1.807, 2.05) is 18.2 Å². The number of pyridine rings is 2. The second-order valence-corrected chi connectivity index (χ2v) is 17.4. The number of cyclic esters (lactones) is 1. The Balaban J connectivity index is 0.959. The number of aryl methyl sites for hydroxylation is 1. The smallest absolute Gasteiger partial charge is 0.343 e. The van der Waals surface area contributed by atoms with Crippen molar-refractivity contribution in [2.75, 3.05) is 18.8 Å². The molecule has 0 bridgehead atoms. The second kappa shape index (κ2) is 20.5. The molecule has 4 heterocycles. The monoisotopic (exact) mass is 924 g/mol. The molecule has 16 nitrogen and oxygen atoms in total. The Hall–Kier alpha value is -6.27. The van der Waals surface area contributed by atoms with Crippen LogP contribution in [-0.2, 0) is 69.9 Å². The molecule has 3 atom stereocenters. The van der Waals surface area contributed by atoms with Gasteiger partial charge in [-0.1, -0.05) is 37.3 Å². The van der Waals surface area contributed by atoms with E-state index in [1.165, 1.54) is 10.6 Å². The average molecular weight is 925 g/mol. The number of ketones is 2. The molecule has 0 spiro atoms. The summed E-state index contributed by atoms with van der Waals surface area (Å²) in [5, 5.41) is 23.1. The van der Waals surface area contributed by atoms with E-state index in [9.17, 15) is 43.5 Å². The number of carbonyl (C=O) groups excluding carboxylic acids is 7. The Labute approximate surface area is 385 Å². The molecule has 66 heavy (non-hydrogen) atoms. The van der Waals surface area contributed by atoms with Crippen LogP contribution in [0.2, 0.25) is 0 Å². The van der Waals surface area contributed by atoms with Gasteiger partial charge >= 0.3 is 5.97 Å².